The molecule has 2 rings (SSSR count). The van der Waals surface area contributed by atoms with E-state index in [9.17, 15) is 4.79 Å². The third-order valence-corrected chi connectivity index (χ3v) is 3.59. The molecule has 0 atom stereocenters. The molecule has 0 N–H and O–H groups in total. The number of carbonyl (C=O) groups excluding carboxylic acids is 1. The Morgan fingerprint density at radius 3 is 2.65 bits per heavy atom. The normalized spacial score (nSPS) is 16.9. The van der Waals surface area contributed by atoms with Crippen molar-refractivity contribution in [2.45, 2.75) is 19.8 Å². The first-order valence-electron chi connectivity index (χ1n) is 7.09. The van der Waals surface area contributed by atoms with Gasteiger partial charge in [0, 0.05) is 51.8 Å². The van der Waals surface area contributed by atoms with Crippen LogP contribution in [-0.4, -0.2) is 67.3 Å². The molecule has 0 saturated carbocycles. The minimum absolute atomic E-state index is 0.0351. The van der Waals surface area contributed by atoms with Crippen molar-refractivity contribution in [2.24, 2.45) is 0 Å². The Balaban J connectivity index is 1.87. The topological polar surface area (TPSA) is 58.8 Å². The molecule has 0 unspecified atom stereocenters. The van der Waals surface area contributed by atoms with Gasteiger partial charge in [-0.05, 0) is 0 Å². The molecule has 1 aromatic heterocycles. The first-order valence-corrected chi connectivity index (χ1v) is 7.09. The summed E-state index contributed by atoms with van der Waals surface area (Å²) in [5, 5.41) is 3.88. The Morgan fingerprint density at radius 2 is 2.10 bits per heavy atom. The Labute approximate surface area is 119 Å². The largest absolute Gasteiger partial charge is 0.383 e. The maximum atomic E-state index is 12.3. The number of ether oxygens (including phenoxy) is 1. The summed E-state index contributed by atoms with van der Waals surface area (Å²) >= 11 is 0. The van der Waals surface area contributed by atoms with Gasteiger partial charge >= 0.3 is 0 Å². The van der Waals surface area contributed by atoms with Gasteiger partial charge in [0.15, 0.2) is 5.69 Å². The van der Waals surface area contributed by atoms with Gasteiger partial charge in [-0.1, -0.05) is 19.0 Å². The van der Waals surface area contributed by atoms with Gasteiger partial charge in [-0.3, -0.25) is 9.69 Å². The highest BCUT2D eigenvalue weighted by Gasteiger charge is 2.24. The molecule has 6 heteroatoms. The Bertz CT molecular complexity index is 437. The van der Waals surface area contributed by atoms with Crippen LogP contribution in [0.5, 0.6) is 0 Å². The molecule has 0 aliphatic carbocycles. The summed E-state index contributed by atoms with van der Waals surface area (Å²) in [6, 6.07) is 1.75. The molecule has 6 nitrogen and oxygen atoms in total. The highest BCUT2D eigenvalue weighted by Crippen LogP contribution is 2.16. The summed E-state index contributed by atoms with van der Waals surface area (Å²) in [7, 11) is 1.71. The Hall–Kier alpha value is -1.40. The zero-order valence-electron chi connectivity index (χ0n) is 12.5. The number of aromatic nitrogens is 1. The molecule has 1 fully saturated rings. The maximum Gasteiger partial charge on any atom is 0.276 e. The lowest BCUT2D eigenvalue weighted by molar-refractivity contribution is 0.0585. The van der Waals surface area contributed by atoms with Crippen LogP contribution in [0.2, 0.25) is 0 Å². The quantitative estimate of drug-likeness (QED) is 0.811. The second kappa shape index (κ2) is 6.85. The summed E-state index contributed by atoms with van der Waals surface area (Å²) in [4.78, 5) is 16.5. The van der Waals surface area contributed by atoms with Crippen LogP contribution in [0.4, 0.5) is 0 Å². The fourth-order valence-electron chi connectivity index (χ4n) is 2.22. The monoisotopic (exact) mass is 281 g/mol. The molecule has 0 radical (unpaired) electrons. The van der Waals surface area contributed by atoms with Crippen LogP contribution in [0, 0.1) is 0 Å². The molecule has 0 bridgehead atoms. The van der Waals surface area contributed by atoms with Gasteiger partial charge in [0.2, 0.25) is 0 Å². The number of piperazine rings is 1. The third-order valence-electron chi connectivity index (χ3n) is 3.59. The van der Waals surface area contributed by atoms with Gasteiger partial charge in [-0.2, -0.15) is 0 Å². The van der Waals surface area contributed by atoms with Crippen LogP contribution in [0.15, 0.2) is 10.6 Å². The van der Waals surface area contributed by atoms with Crippen LogP contribution in [-0.2, 0) is 4.74 Å². The SMILES string of the molecule is COCCN1CCN(C(=O)c2cc(C(C)C)on2)CC1. The second-order valence-corrected chi connectivity index (χ2v) is 5.40. The minimum atomic E-state index is -0.0351. The van der Waals surface area contributed by atoms with E-state index in [2.05, 4.69) is 10.1 Å². The first-order chi connectivity index (χ1) is 9.61. The zero-order chi connectivity index (χ0) is 14.5. The number of rotatable bonds is 5. The fourth-order valence-corrected chi connectivity index (χ4v) is 2.22. The molecule has 20 heavy (non-hydrogen) atoms. The molecule has 1 amide bonds. The predicted molar refractivity (Wildman–Crippen MR) is 74.8 cm³/mol. The number of nitrogens with zero attached hydrogens (tertiary/aromatic N) is 3. The summed E-state index contributed by atoms with van der Waals surface area (Å²) in [6.45, 7) is 8.90. The average Bonchev–Trinajstić information content (AvgIpc) is 2.95. The number of hydrogen-bond acceptors (Lipinski definition) is 5. The molecular weight excluding hydrogens is 258 g/mol. The number of carbonyl (C=O) groups is 1. The van der Waals surface area contributed by atoms with Crippen molar-refractivity contribution in [3.8, 4) is 0 Å². The lowest BCUT2D eigenvalue weighted by atomic mass is 10.1. The average molecular weight is 281 g/mol. The standard InChI is InChI=1S/C14H23N3O3/c1-11(2)13-10-12(15-20-13)14(18)17-6-4-16(5-7-17)8-9-19-3/h10-11H,4-9H2,1-3H3. The maximum absolute atomic E-state index is 12.3. The Kier molecular flexibility index (Phi) is 5.14. The van der Waals surface area contributed by atoms with Crippen LogP contribution < -0.4 is 0 Å². The van der Waals surface area contributed by atoms with Crippen molar-refractivity contribution in [1.82, 2.24) is 15.0 Å². The van der Waals surface area contributed by atoms with Gasteiger partial charge < -0.3 is 14.2 Å². The van der Waals surface area contributed by atoms with E-state index in [4.69, 9.17) is 9.26 Å². The molecule has 1 aliphatic heterocycles. The Morgan fingerprint density at radius 1 is 1.40 bits per heavy atom. The number of amides is 1. The van der Waals surface area contributed by atoms with E-state index < -0.39 is 0 Å². The molecule has 0 spiro atoms. The van der Waals surface area contributed by atoms with Gasteiger partial charge in [0.25, 0.3) is 5.91 Å². The van der Waals surface area contributed by atoms with E-state index >= 15 is 0 Å². The van der Waals surface area contributed by atoms with E-state index in [0.29, 0.717) is 5.69 Å². The van der Waals surface area contributed by atoms with Crippen molar-refractivity contribution in [2.75, 3.05) is 46.4 Å². The van der Waals surface area contributed by atoms with Crippen molar-refractivity contribution < 1.29 is 14.1 Å². The lowest BCUT2D eigenvalue weighted by Gasteiger charge is -2.34. The van der Waals surface area contributed by atoms with Crippen LogP contribution in [0.25, 0.3) is 0 Å². The van der Waals surface area contributed by atoms with E-state index in [-0.39, 0.29) is 11.8 Å². The highest BCUT2D eigenvalue weighted by atomic mass is 16.5. The minimum Gasteiger partial charge on any atom is -0.383 e. The highest BCUT2D eigenvalue weighted by molar-refractivity contribution is 5.92. The molecule has 0 aromatic carbocycles. The summed E-state index contributed by atoms with van der Waals surface area (Å²) < 4.78 is 10.3. The fraction of sp³-hybridized carbons (Fsp3) is 0.714. The predicted octanol–water partition coefficient (Wildman–Crippen LogP) is 1.20. The number of hydrogen-bond donors (Lipinski definition) is 0. The van der Waals surface area contributed by atoms with Crippen LogP contribution in [0.1, 0.15) is 36.0 Å². The molecule has 2 heterocycles. The van der Waals surface area contributed by atoms with E-state index in [0.717, 1.165) is 45.1 Å². The third kappa shape index (κ3) is 3.58. The van der Waals surface area contributed by atoms with Gasteiger partial charge in [0.1, 0.15) is 5.76 Å². The van der Waals surface area contributed by atoms with Crippen molar-refractivity contribution in [3.63, 3.8) is 0 Å². The summed E-state index contributed by atoms with van der Waals surface area (Å²) in [5.74, 6) is 0.967. The van der Waals surface area contributed by atoms with Gasteiger partial charge in [-0.15, -0.1) is 0 Å². The smallest absolute Gasteiger partial charge is 0.276 e. The first kappa shape index (κ1) is 15.0. The number of methoxy groups -OCH3 is 1. The molecule has 1 aromatic rings. The lowest BCUT2D eigenvalue weighted by Crippen LogP contribution is -2.49. The van der Waals surface area contributed by atoms with Crippen LogP contribution >= 0.6 is 0 Å². The van der Waals surface area contributed by atoms with Crippen molar-refractivity contribution in [1.29, 1.82) is 0 Å². The van der Waals surface area contributed by atoms with Crippen molar-refractivity contribution >= 4 is 5.91 Å². The summed E-state index contributed by atoms with van der Waals surface area (Å²) in [5.41, 5.74) is 0.416. The second-order valence-electron chi connectivity index (χ2n) is 5.40. The molecule has 112 valence electrons. The molecular formula is C14H23N3O3. The van der Waals surface area contributed by atoms with Crippen molar-refractivity contribution in [3.05, 3.63) is 17.5 Å². The molecule has 1 saturated heterocycles. The van der Waals surface area contributed by atoms with E-state index in [1.54, 1.807) is 13.2 Å². The van der Waals surface area contributed by atoms with E-state index in [1.165, 1.54) is 0 Å². The van der Waals surface area contributed by atoms with Crippen LogP contribution in [0.3, 0.4) is 0 Å². The molecule has 1 aliphatic rings. The van der Waals surface area contributed by atoms with Gasteiger partial charge in [-0.25, -0.2) is 0 Å². The zero-order valence-corrected chi connectivity index (χ0v) is 12.5. The van der Waals surface area contributed by atoms with Gasteiger partial charge in [0.05, 0.1) is 6.61 Å². The van der Waals surface area contributed by atoms with E-state index in [1.807, 2.05) is 18.7 Å². The summed E-state index contributed by atoms with van der Waals surface area (Å²) in [6.07, 6.45) is 0.